The Morgan fingerprint density at radius 2 is 1.84 bits per heavy atom. The minimum atomic E-state index is -0.491. The fraction of sp³-hybridized carbons (Fsp3) is 0.250. The molecule has 3 aromatic carbocycles. The Morgan fingerprint density at radius 1 is 1.08 bits per heavy atom. The highest BCUT2D eigenvalue weighted by Gasteiger charge is 2.35. The van der Waals surface area contributed by atoms with Crippen molar-refractivity contribution in [1.29, 1.82) is 0 Å². The number of ether oxygens (including phenoxy) is 3. The van der Waals surface area contributed by atoms with Gasteiger partial charge in [0.05, 0.1) is 25.8 Å². The van der Waals surface area contributed by atoms with E-state index in [-0.39, 0.29) is 18.2 Å². The molecule has 3 aromatic rings. The van der Waals surface area contributed by atoms with Crippen molar-refractivity contribution in [1.82, 2.24) is 5.43 Å². The molecule has 1 aliphatic heterocycles. The normalized spacial score (nSPS) is 15.2. The molecular formula is C28H28ClN3O5. The van der Waals surface area contributed by atoms with Crippen LogP contribution in [0.2, 0.25) is 5.02 Å². The number of nitrogens with zero attached hydrogens (tertiary/aromatic N) is 2. The second kappa shape index (κ2) is 12.3. The maximum absolute atomic E-state index is 12.6. The van der Waals surface area contributed by atoms with Crippen LogP contribution >= 0.6 is 11.6 Å². The SMILES string of the molecule is CCOc1cc(/C=N/NC(=O)[C@@H]2CC(=O)N(c3ccc(OC)cc3)C2)ccc1OCc1ccc(Cl)cc1. The van der Waals surface area contributed by atoms with Crippen LogP contribution < -0.4 is 24.5 Å². The van der Waals surface area contributed by atoms with Gasteiger partial charge in [0.2, 0.25) is 11.8 Å². The lowest BCUT2D eigenvalue weighted by Gasteiger charge is -2.16. The van der Waals surface area contributed by atoms with Crippen LogP contribution in [0.25, 0.3) is 0 Å². The van der Waals surface area contributed by atoms with E-state index in [9.17, 15) is 9.59 Å². The minimum absolute atomic E-state index is 0.107. The fourth-order valence-corrected chi connectivity index (χ4v) is 4.02. The Balaban J connectivity index is 1.34. The number of amides is 2. The van der Waals surface area contributed by atoms with Crippen LogP contribution in [0.5, 0.6) is 17.2 Å². The highest BCUT2D eigenvalue weighted by Crippen LogP contribution is 2.29. The van der Waals surface area contributed by atoms with Crippen LogP contribution in [-0.2, 0) is 16.2 Å². The first-order valence-corrected chi connectivity index (χ1v) is 12.3. The zero-order valence-electron chi connectivity index (χ0n) is 20.6. The number of anilines is 1. The van der Waals surface area contributed by atoms with E-state index in [1.165, 1.54) is 6.21 Å². The van der Waals surface area contributed by atoms with Crippen LogP contribution in [0.4, 0.5) is 5.69 Å². The maximum Gasteiger partial charge on any atom is 0.245 e. The lowest BCUT2D eigenvalue weighted by Crippen LogP contribution is -2.30. The standard InChI is InChI=1S/C28H28ClN3O5/c1-3-36-26-14-20(6-13-25(26)37-18-19-4-7-22(29)8-5-19)16-30-31-28(34)21-15-27(33)32(17-21)23-9-11-24(35-2)12-10-23/h4-14,16,21H,3,15,17-18H2,1-2H3,(H,31,34)/b30-16+/t21-/m1/s1. The van der Waals surface area contributed by atoms with Gasteiger partial charge in [-0.3, -0.25) is 9.59 Å². The molecule has 9 heteroatoms. The summed E-state index contributed by atoms with van der Waals surface area (Å²) < 4.78 is 16.8. The number of hydrazone groups is 1. The lowest BCUT2D eigenvalue weighted by molar-refractivity contribution is -0.126. The van der Waals surface area contributed by atoms with Crippen molar-refractivity contribution >= 4 is 35.3 Å². The molecule has 37 heavy (non-hydrogen) atoms. The largest absolute Gasteiger partial charge is 0.497 e. The van der Waals surface area contributed by atoms with Crippen molar-refractivity contribution in [3.8, 4) is 17.2 Å². The summed E-state index contributed by atoms with van der Waals surface area (Å²) in [7, 11) is 1.58. The highest BCUT2D eigenvalue weighted by molar-refractivity contribution is 6.30. The molecule has 1 aliphatic rings. The molecule has 2 amide bonds. The molecule has 0 aliphatic carbocycles. The third kappa shape index (κ3) is 6.80. The molecule has 0 spiro atoms. The summed E-state index contributed by atoms with van der Waals surface area (Å²) in [6.45, 7) is 3.02. The van der Waals surface area contributed by atoms with Crippen molar-refractivity contribution in [2.45, 2.75) is 20.0 Å². The molecule has 0 aromatic heterocycles. The zero-order valence-corrected chi connectivity index (χ0v) is 21.4. The minimum Gasteiger partial charge on any atom is -0.497 e. The van der Waals surface area contributed by atoms with Gasteiger partial charge in [0.25, 0.3) is 0 Å². The van der Waals surface area contributed by atoms with E-state index in [1.54, 1.807) is 48.4 Å². The third-order valence-electron chi connectivity index (χ3n) is 5.84. The fourth-order valence-electron chi connectivity index (χ4n) is 3.89. The maximum atomic E-state index is 12.6. The molecule has 1 atom stereocenters. The second-order valence-electron chi connectivity index (χ2n) is 8.39. The molecule has 192 valence electrons. The van der Waals surface area contributed by atoms with Gasteiger partial charge in [0.15, 0.2) is 11.5 Å². The molecule has 0 radical (unpaired) electrons. The van der Waals surface area contributed by atoms with Gasteiger partial charge in [-0.1, -0.05) is 23.7 Å². The predicted octanol–water partition coefficient (Wildman–Crippen LogP) is 4.83. The smallest absolute Gasteiger partial charge is 0.245 e. The van der Waals surface area contributed by atoms with E-state index in [0.29, 0.717) is 42.0 Å². The Labute approximate surface area is 220 Å². The quantitative estimate of drug-likeness (QED) is 0.305. The van der Waals surface area contributed by atoms with Gasteiger partial charge in [-0.25, -0.2) is 5.43 Å². The van der Waals surface area contributed by atoms with Crippen molar-refractivity contribution in [2.24, 2.45) is 11.0 Å². The van der Waals surface area contributed by atoms with Gasteiger partial charge in [-0.15, -0.1) is 0 Å². The van der Waals surface area contributed by atoms with Gasteiger partial charge in [-0.05, 0) is 72.6 Å². The van der Waals surface area contributed by atoms with Crippen LogP contribution in [-0.4, -0.2) is 38.3 Å². The van der Waals surface area contributed by atoms with Crippen LogP contribution in [0.1, 0.15) is 24.5 Å². The number of methoxy groups -OCH3 is 1. The number of nitrogens with one attached hydrogen (secondary N) is 1. The van der Waals surface area contributed by atoms with Crippen LogP contribution in [0, 0.1) is 5.92 Å². The van der Waals surface area contributed by atoms with Gasteiger partial charge in [0.1, 0.15) is 12.4 Å². The number of carbonyl (C=O) groups is 2. The molecule has 0 saturated carbocycles. The van der Waals surface area contributed by atoms with Crippen molar-refractivity contribution < 1.29 is 23.8 Å². The van der Waals surface area contributed by atoms with E-state index in [1.807, 2.05) is 37.3 Å². The molecule has 0 unspecified atom stereocenters. The van der Waals surface area contributed by atoms with Crippen molar-refractivity contribution in [2.75, 3.05) is 25.2 Å². The topological polar surface area (TPSA) is 89.5 Å². The Kier molecular flexibility index (Phi) is 8.64. The highest BCUT2D eigenvalue weighted by atomic mass is 35.5. The molecular weight excluding hydrogens is 494 g/mol. The van der Waals surface area contributed by atoms with Gasteiger partial charge < -0.3 is 19.1 Å². The van der Waals surface area contributed by atoms with Crippen LogP contribution in [0.3, 0.4) is 0 Å². The van der Waals surface area contributed by atoms with Crippen LogP contribution in [0.15, 0.2) is 71.8 Å². The first kappa shape index (κ1) is 26.0. The molecule has 1 N–H and O–H groups in total. The predicted molar refractivity (Wildman–Crippen MR) is 143 cm³/mol. The van der Waals surface area contributed by atoms with E-state index < -0.39 is 5.92 Å². The summed E-state index contributed by atoms with van der Waals surface area (Å²) in [5, 5.41) is 4.75. The van der Waals surface area contributed by atoms with Gasteiger partial charge in [0, 0.05) is 23.7 Å². The van der Waals surface area contributed by atoms with E-state index in [2.05, 4.69) is 10.5 Å². The molecule has 8 nitrogen and oxygen atoms in total. The number of rotatable bonds is 10. The summed E-state index contributed by atoms with van der Waals surface area (Å²) in [6, 6.07) is 20.0. The average molecular weight is 522 g/mol. The van der Waals surface area contributed by atoms with Gasteiger partial charge in [-0.2, -0.15) is 5.10 Å². The second-order valence-corrected chi connectivity index (χ2v) is 8.83. The molecule has 1 saturated heterocycles. The summed E-state index contributed by atoms with van der Waals surface area (Å²) in [5.41, 5.74) is 4.99. The monoisotopic (exact) mass is 521 g/mol. The Hall–Kier alpha value is -4.04. The number of hydrogen-bond donors (Lipinski definition) is 1. The lowest BCUT2D eigenvalue weighted by atomic mass is 10.1. The summed E-state index contributed by atoms with van der Waals surface area (Å²) in [6.07, 6.45) is 1.66. The first-order chi connectivity index (χ1) is 18.0. The van der Waals surface area contributed by atoms with E-state index in [0.717, 1.165) is 16.8 Å². The average Bonchev–Trinajstić information content (AvgIpc) is 3.31. The Bertz CT molecular complexity index is 1260. The molecule has 4 rings (SSSR count). The summed E-state index contributed by atoms with van der Waals surface area (Å²) in [4.78, 5) is 26.7. The number of hydrogen-bond acceptors (Lipinski definition) is 6. The van der Waals surface area contributed by atoms with Gasteiger partial charge >= 0.3 is 0 Å². The number of benzene rings is 3. The molecule has 1 heterocycles. The van der Waals surface area contributed by atoms with Crippen molar-refractivity contribution in [3.05, 3.63) is 82.9 Å². The zero-order chi connectivity index (χ0) is 26.2. The van der Waals surface area contributed by atoms with E-state index in [4.69, 9.17) is 25.8 Å². The number of halogens is 1. The third-order valence-corrected chi connectivity index (χ3v) is 6.10. The number of carbonyl (C=O) groups excluding carboxylic acids is 2. The molecule has 0 bridgehead atoms. The first-order valence-electron chi connectivity index (χ1n) is 11.9. The molecule has 1 fully saturated rings. The van der Waals surface area contributed by atoms with Crippen molar-refractivity contribution in [3.63, 3.8) is 0 Å². The van der Waals surface area contributed by atoms with E-state index >= 15 is 0 Å². The summed E-state index contributed by atoms with van der Waals surface area (Å²) >= 11 is 5.94. The summed E-state index contributed by atoms with van der Waals surface area (Å²) in [5.74, 6) is 0.963. The Morgan fingerprint density at radius 3 is 2.54 bits per heavy atom.